The number of carboxylic acid groups (broad SMARTS) is 1. The number of unbranched alkanes of at least 4 members (excludes halogenated alkanes) is 3. The van der Waals surface area contributed by atoms with Crippen LogP contribution in [0.25, 0.3) is 0 Å². The Morgan fingerprint density at radius 3 is 2.22 bits per heavy atom. The molecule has 23 heavy (non-hydrogen) atoms. The zero-order valence-corrected chi connectivity index (χ0v) is 14.4. The first-order chi connectivity index (χ1) is 10.9. The van der Waals surface area contributed by atoms with E-state index < -0.39 is 17.9 Å². The molecule has 4 nitrogen and oxygen atoms in total. The van der Waals surface area contributed by atoms with Crippen LogP contribution in [0.1, 0.15) is 70.8 Å². The molecule has 0 aliphatic carbocycles. The van der Waals surface area contributed by atoms with Crippen LogP contribution in [0.3, 0.4) is 0 Å². The molecule has 0 aromatic heterocycles. The number of hydrogen-bond donors (Lipinski definition) is 1. The van der Waals surface area contributed by atoms with E-state index in [9.17, 15) is 14.7 Å². The van der Waals surface area contributed by atoms with E-state index in [1.54, 1.807) is 24.3 Å². The smallest absolute Gasteiger partial charge is 0.311 e. The lowest BCUT2D eigenvalue weighted by Gasteiger charge is -2.16. The van der Waals surface area contributed by atoms with Crippen LogP contribution in [-0.2, 0) is 9.59 Å². The summed E-state index contributed by atoms with van der Waals surface area (Å²) in [6.07, 6.45) is 6.01. The first-order valence-corrected chi connectivity index (χ1v) is 8.42. The molecule has 4 heteroatoms. The van der Waals surface area contributed by atoms with Crippen LogP contribution in [0, 0.1) is 5.92 Å². The van der Waals surface area contributed by atoms with Gasteiger partial charge in [-0.25, -0.2) is 0 Å². The fourth-order valence-corrected chi connectivity index (χ4v) is 2.68. The molecule has 0 bridgehead atoms. The van der Waals surface area contributed by atoms with Crippen molar-refractivity contribution in [3.05, 3.63) is 29.8 Å². The molecule has 0 radical (unpaired) electrons. The Labute approximate surface area is 138 Å². The van der Waals surface area contributed by atoms with Gasteiger partial charge in [0.2, 0.25) is 0 Å². The first kappa shape index (κ1) is 19.2. The Balaban J connectivity index is 2.62. The van der Waals surface area contributed by atoms with Crippen molar-refractivity contribution >= 4 is 11.9 Å². The number of rotatable bonds is 10. The van der Waals surface area contributed by atoms with Crippen LogP contribution in [-0.4, -0.2) is 17.0 Å². The third kappa shape index (κ3) is 7.31. The topological polar surface area (TPSA) is 63.6 Å². The number of carbonyl (C=O) groups is 2. The zero-order valence-electron chi connectivity index (χ0n) is 14.4. The van der Waals surface area contributed by atoms with Gasteiger partial charge in [0.15, 0.2) is 0 Å². The van der Waals surface area contributed by atoms with Crippen molar-refractivity contribution in [2.45, 2.75) is 65.2 Å². The summed E-state index contributed by atoms with van der Waals surface area (Å²) in [6, 6.07) is 6.90. The fraction of sp³-hybridized carbons (Fsp3) is 0.579. The minimum Gasteiger partial charge on any atom is -0.481 e. The van der Waals surface area contributed by atoms with Gasteiger partial charge < -0.3 is 9.84 Å². The number of esters is 1. The summed E-state index contributed by atoms with van der Waals surface area (Å²) in [5, 5.41) is 9.52. The van der Waals surface area contributed by atoms with Gasteiger partial charge in [0.25, 0.3) is 0 Å². The predicted molar refractivity (Wildman–Crippen MR) is 90.7 cm³/mol. The molecule has 0 saturated heterocycles. The second-order valence-corrected chi connectivity index (χ2v) is 6.41. The Bertz CT molecular complexity index is 508. The number of benzene rings is 1. The summed E-state index contributed by atoms with van der Waals surface area (Å²) in [7, 11) is 0. The maximum Gasteiger partial charge on any atom is 0.311 e. The summed E-state index contributed by atoms with van der Waals surface area (Å²) in [5.74, 6) is -0.859. The minimum atomic E-state index is -0.869. The second kappa shape index (κ2) is 10.0. The molecule has 1 rings (SSSR count). The molecule has 1 unspecified atom stereocenters. The van der Waals surface area contributed by atoms with Crippen molar-refractivity contribution in [1.82, 2.24) is 0 Å². The molecular weight excluding hydrogens is 292 g/mol. The van der Waals surface area contributed by atoms with Crippen molar-refractivity contribution in [2.75, 3.05) is 0 Å². The molecule has 0 heterocycles. The number of hydrogen-bond acceptors (Lipinski definition) is 3. The van der Waals surface area contributed by atoms with Crippen LogP contribution in [0.4, 0.5) is 0 Å². The van der Waals surface area contributed by atoms with E-state index in [0.717, 1.165) is 25.2 Å². The first-order valence-electron chi connectivity index (χ1n) is 8.42. The summed E-state index contributed by atoms with van der Waals surface area (Å²) >= 11 is 0. The summed E-state index contributed by atoms with van der Waals surface area (Å²) < 4.78 is 5.15. The Kier molecular flexibility index (Phi) is 8.38. The quantitative estimate of drug-likeness (QED) is 0.383. The largest absolute Gasteiger partial charge is 0.481 e. The van der Waals surface area contributed by atoms with Crippen molar-refractivity contribution in [3.8, 4) is 5.75 Å². The molecule has 0 aliphatic rings. The van der Waals surface area contributed by atoms with Gasteiger partial charge >= 0.3 is 11.9 Å². The van der Waals surface area contributed by atoms with Gasteiger partial charge in [-0.05, 0) is 18.4 Å². The van der Waals surface area contributed by atoms with Gasteiger partial charge in [-0.1, -0.05) is 64.2 Å². The zero-order chi connectivity index (χ0) is 17.2. The monoisotopic (exact) mass is 320 g/mol. The molecule has 0 amide bonds. The van der Waals surface area contributed by atoms with E-state index in [0.29, 0.717) is 17.7 Å². The molecule has 1 N–H and O–H groups in total. The summed E-state index contributed by atoms with van der Waals surface area (Å²) in [4.78, 5) is 22.8. The van der Waals surface area contributed by atoms with Crippen molar-refractivity contribution in [1.29, 1.82) is 0 Å². The van der Waals surface area contributed by atoms with E-state index in [1.165, 1.54) is 19.8 Å². The van der Waals surface area contributed by atoms with Gasteiger partial charge in [-0.15, -0.1) is 0 Å². The molecule has 0 saturated carbocycles. The molecule has 1 atom stereocenters. The van der Waals surface area contributed by atoms with Crippen molar-refractivity contribution in [2.24, 2.45) is 5.92 Å². The highest BCUT2D eigenvalue weighted by molar-refractivity contribution is 5.78. The highest BCUT2D eigenvalue weighted by Gasteiger charge is 2.23. The van der Waals surface area contributed by atoms with E-state index in [4.69, 9.17) is 4.74 Å². The highest BCUT2D eigenvalue weighted by atomic mass is 16.5. The Morgan fingerprint density at radius 2 is 1.65 bits per heavy atom. The predicted octanol–water partition coefficient (Wildman–Crippen LogP) is 4.78. The molecule has 1 aromatic rings. The van der Waals surface area contributed by atoms with Gasteiger partial charge in [-0.3, -0.25) is 9.59 Å². The van der Waals surface area contributed by atoms with Crippen LogP contribution in [0.2, 0.25) is 0 Å². The molecule has 128 valence electrons. The summed E-state index contributed by atoms with van der Waals surface area (Å²) in [5.41, 5.74) is 0.581. The number of para-hydroxylation sites is 1. The SMILES string of the molecule is CC(=O)Oc1ccccc1C(CCCCCCC(C)C)C(=O)O. The van der Waals surface area contributed by atoms with E-state index >= 15 is 0 Å². The number of carbonyl (C=O) groups excluding carboxylic acids is 1. The number of carboxylic acids is 1. The normalized spacial score (nSPS) is 12.2. The Hall–Kier alpha value is -1.84. The minimum absolute atomic E-state index is 0.354. The maximum absolute atomic E-state index is 11.6. The lowest BCUT2D eigenvalue weighted by Crippen LogP contribution is -2.14. The third-order valence-electron chi connectivity index (χ3n) is 3.87. The van der Waals surface area contributed by atoms with Gasteiger partial charge in [0.1, 0.15) is 5.75 Å². The molecule has 0 spiro atoms. The third-order valence-corrected chi connectivity index (χ3v) is 3.87. The van der Waals surface area contributed by atoms with Gasteiger partial charge in [0.05, 0.1) is 5.92 Å². The molecule has 1 aromatic carbocycles. The standard InChI is InChI=1S/C19H28O4/c1-14(2)10-6-4-5-7-12-17(19(21)22)16-11-8-9-13-18(16)23-15(3)20/h8-9,11,13-14,17H,4-7,10,12H2,1-3H3,(H,21,22). The van der Waals surface area contributed by atoms with E-state index in [2.05, 4.69) is 13.8 Å². The van der Waals surface area contributed by atoms with Crippen LogP contribution in [0.5, 0.6) is 5.75 Å². The highest BCUT2D eigenvalue weighted by Crippen LogP contribution is 2.31. The van der Waals surface area contributed by atoms with Gasteiger partial charge in [0, 0.05) is 12.5 Å². The average molecular weight is 320 g/mol. The second-order valence-electron chi connectivity index (χ2n) is 6.41. The molecule has 0 aliphatic heterocycles. The van der Waals surface area contributed by atoms with Crippen LogP contribution in [0.15, 0.2) is 24.3 Å². The lowest BCUT2D eigenvalue weighted by molar-refractivity contribution is -0.139. The average Bonchev–Trinajstić information content (AvgIpc) is 2.46. The van der Waals surface area contributed by atoms with Gasteiger partial charge in [-0.2, -0.15) is 0 Å². The summed E-state index contributed by atoms with van der Waals surface area (Å²) in [6.45, 7) is 5.75. The van der Waals surface area contributed by atoms with E-state index in [-0.39, 0.29) is 0 Å². The van der Waals surface area contributed by atoms with E-state index in [1.807, 2.05) is 0 Å². The number of ether oxygens (including phenoxy) is 1. The number of aliphatic carboxylic acids is 1. The molecule has 0 fully saturated rings. The fourth-order valence-electron chi connectivity index (χ4n) is 2.68. The maximum atomic E-state index is 11.6. The van der Waals surface area contributed by atoms with Crippen LogP contribution < -0.4 is 4.74 Å². The molecular formula is C19H28O4. The Morgan fingerprint density at radius 1 is 1.04 bits per heavy atom. The van der Waals surface area contributed by atoms with Crippen molar-refractivity contribution < 1.29 is 19.4 Å². The van der Waals surface area contributed by atoms with Crippen LogP contribution >= 0.6 is 0 Å². The lowest BCUT2D eigenvalue weighted by atomic mass is 9.92. The van der Waals surface area contributed by atoms with Crippen molar-refractivity contribution in [3.63, 3.8) is 0 Å².